The number of hydrogen-bond donors (Lipinski definition) is 3. The van der Waals surface area contributed by atoms with Gasteiger partial charge in [-0.25, -0.2) is 4.98 Å². The van der Waals surface area contributed by atoms with Gasteiger partial charge in [0, 0.05) is 35.1 Å². The fraction of sp³-hybridized carbons (Fsp3) is 0.0526. The maximum absolute atomic E-state index is 5.85. The van der Waals surface area contributed by atoms with Crippen LogP contribution in [0.15, 0.2) is 60.9 Å². The molecule has 0 saturated carbocycles. The third-order valence-electron chi connectivity index (χ3n) is 3.85. The summed E-state index contributed by atoms with van der Waals surface area (Å²) >= 11 is 0. The van der Waals surface area contributed by atoms with Gasteiger partial charge in [-0.15, -0.1) is 0 Å². The van der Waals surface area contributed by atoms with Crippen molar-refractivity contribution in [3.8, 4) is 17.4 Å². The number of aromatic amines is 1. The summed E-state index contributed by atoms with van der Waals surface area (Å²) < 4.78 is 11.2. The van der Waals surface area contributed by atoms with Gasteiger partial charge in [-0.3, -0.25) is 0 Å². The van der Waals surface area contributed by atoms with Gasteiger partial charge in [-0.2, -0.15) is 4.98 Å². The number of ether oxygens (including phenoxy) is 2. The number of nitrogens with two attached hydrogens (primary N) is 1. The normalized spacial score (nSPS) is 10.7. The number of methoxy groups -OCH3 is 1. The van der Waals surface area contributed by atoms with E-state index in [4.69, 9.17) is 15.2 Å². The van der Waals surface area contributed by atoms with E-state index >= 15 is 0 Å². The Kier molecular flexibility index (Phi) is 4.03. The number of benzene rings is 2. The largest absolute Gasteiger partial charge is 0.495 e. The van der Waals surface area contributed by atoms with Crippen LogP contribution in [0.4, 0.5) is 17.3 Å². The molecule has 4 N–H and O–H groups in total. The average Bonchev–Trinajstić information content (AvgIpc) is 3.10. The maximum Gasteiger partial charge on any atom is 0.230 e. The van der Waals surface area contributed by atoms with Crippen LogP contribution in [0.1, 0.15) is 0 Å². The molecule has 0 fully saturated rings. The molecule has 2 aromatic carbocycles. The highest BCUT2D eigenvalue weighted by Gasteiger charge is 2.08. The minimum Gasteiger partial charge on any atom is -0.495 e. The van der Waals surface area contributed by atoms with E-state index in [2.05, 4.69) is 20.3 Å². The molecule has 0 spiro atoms. The molecule has 2 aromatic heterocycles. The highest BCUT2D eigenvalue weighted by atomic mass is 16.5. The molecule has 0 atom stereocenters. The zero-order valence-corrected chi connectivity index (χ0v) is 14.1. The van der Waals surface area contributed by atoms with Crippen molar-refractivity contribution in [2.75, 3.05) is 18.2 Å². The molecule has 0 radical (unpaired) electrons. The first kappa shape index (κ1) is 15.8. The van der Waals surface area contributed by atoms with Crippen molar-refractivity contribution in [3.05, 3.63) is 60.9 Å². The number of H-pyrrole nitrogens is 1. The van der Waals surface area contributed by atoms with E-state index in [0.717, 1.165) is 10.9 Å². The number of hydrogen-bond acceptors (Lipinski definition) is 6. The second-order valence-corrected chi connectivity index (χ2v) is 5.63. The summed E-state index contributed by atoms with van der Waals surface area (Å²) in [5.41, 5.74) is 8.18. The molecular weight excluding hydrogens is 330 g/mol. The molecule has 26 heavy (non-hydrogen) atoms. The Morgan fingerprint density at radius 2 is 2.00 bits per heavy atom. The van der Waals surface area contributed by atoms with Crippen molar-refractivity contribution >= 4 is 28.2 Å². The van der Waals surface area contributed by atoms with Crippen molar-refractivity contribution in [3.63, 3.8) is 0 Å². The third kappa shape index (κ3) is 3.23. The standard InChI is InChI=1S/C19H17N5O2/c1-25-17-5-2-13(20)11-16(17)23-19-22-9-7-18(24-19)26-14-3-4-15-12(10-14)6-8-21-15/h2-11,21H,20H2,1H3,(H,22,23,24). The van der Waals surface area contributed by atoms with Crippen LogP contribution in [0.2, 0.25) is 0 Å². The number of nitrogen functional groups attached to an aromatic ring is 1. The minimum atomic E-state index is 0.383. The molecule has 0 amide bonds. The van der Waals surface area contributed by atoms with Crippen molar-refractivity contribution in [2.45, 2.75) is 0 Å². The van der Waals surface area contributed by atoms with Crippen LogP contribution in [0.25, 0.3) is 10.9 Å². The van der Waals surface area contributed by atoms with E-state index in [0.29, 0.717) is 34.7 Å². The fourth-order valence-corrected chi connectivity index (χ4v) is 2.62. The maximum atomic E-state index is 5.85. The monoisotopic (exact) mass is 347 g/mol. The molecule has 0 bridgehead atoms. The Hall–Kier alpha value is -3.74. The number of aromatic nitrogens is 3. The molecule has 2 heterocycles. The Balaban J connectivity index is 1.57. The zero-order valence-electron chi connectivity index (χ0n) is 14.1. The lowest BCUT2D eigenvalue weighted by Gasteiger charge is -2.11. The fourth-order valence-electron chi connectivity index (χ4n) is 2.62. The molecular formula is C19H17N5O2. The predicted molar refractivity (Wildman–Crippen MR) is 101 cm³/mol. The number of anilines is 3. The number of rotatable bonds is 5. The Morgan fingerprint density at radius 3 is 2.88 bits per heavy atom. The minimum absolute atomic E-state index is 0.383. The van der Waals surface area contributed by atoms with Gasteiger partial charge < -0.3 is 25.5 Å². The van der Waals surface area contributed by atoms with Crippen molar-refractivity contribution < 1.29 is 9.47 Å². The first-order valence-corrected chi connectivity index (χ1v) is 8.00. The van der Waals surface area contributed by atoms with E-state index < -0.39 is 0 Å². The van der Waals surface area contributed by atoms with E-state index in [1.807, 2.05) is 30.5 Å². The second-order valence-electron chi connectivity index (χ2n) is 5.63. The molecule has 0 saturated heterocycles. The van der Waals surface area contributed by atoms with Crippen LogP contribution in [0, 0.1) is 0 Å². The first-order valence-electron chi connectivity index (χ1n) is 8.00. The molecule has 4 aromatic rings. The Labute approximate surface area is 149 Å². The van der Waals surface area contributed by atoms with Gasteiger partial charge in [0.25, 0.3) is 0 Å². The summed E-state index contributed by atoms with van der Waals surface area (Å²) in [6.45, 7) is 0. The number of nitrogens with zero attached hydrogens (tertiary/aromatic N) is 2. The van der Waals surface area contributed by atoms with Gasteiger partial charge >= 0.3 is 0 Å². The summed E-state index contributed by atoms with van der Waals surface area (Å²) in [6, 6.07) is 14.8. The highest BCUT2D eigenvalue weighted by Crippen LogP contribution is 2.29. The molecule has 130 valence electrons. The van der Waals surface area contributed by atoms with Gasteiger partial charge in [-0.05, 0) is 42.5 Å². The van der Waals surface area contributed by atoms with Crippen LogP contribution >= 0.6 is 0 Å². The van der Waals surface area contributed by atoms with Gasteiger partial charge in [0.15, 0.2) is 0 Å². The zero-order chi connectivity index (χ0) is 17.9. The molecule has 4 rings (SSSR count). The van der Waals surface area contributed by atoms with Crippen molar-refractivity contribution in [1.29, 1.82) is 0 Å². The van der Waals surface area contributed by atoms with Crippen LogP contribution in [0.5, 0.6) is 17.4 Å². The van der Waals surface area contributed by atoms with Crippen molar-refractivity contribution in [1.82, 2.24) is 15.0 Å². The molecule has 7 nitrogen and oxygen atoms in total. The molecule has 0 unspecified atom stereocenters. The highest BCUT2D eigenvalue weighted by molar-refractivity contribution is 5.80. The molecule has 0 aliphatic heterocycles. The topological polar surface area (TPSA) is 98.1 Å². The number of fused-ring (bicyclic) bond motifs is 1. The van der Waals surface area contributed by atoms with Crippen molar-refractivity contribution in [2.24, 2.45) is 0 Å². The Bertz CT molecular complexity index is 1060. The van der Waals surface area contributed by atoms with Crippen LogP contribution in [0.3, 0.4) is 0 Å². The lowest BCUT2D eigenvalue weighted by atomic mass is 10.2. The van der Waals surface area contributed by atoms with Crippen LogP contribution < -0.4 is 20.5 Å². The smallest absolute Gasteiger partial charge is 0.230 e. The van der Waals surface area contributed by atoms with Gasteiger partial charge in [-0.1, -0.05) is 0 Å². The second kappa shape index (κ2) is 6.64. The third-order valence-corrected chi connectivity index (χ3v) is 3.85. The SMILES string of the molecule is COc1ccc(N)cc1Nc1nccc(Oc2ccc3[nH]ccc3c2)n1. The summed E-state index contributed by atoms with van der Waals surface area (Å²) in [5.74, 6) is 2.16. The Morgan fingerprint density at radius 1 is 1.08 bits per heavy atom. The van der Waals surface area contributed by atoms with E-state index in [-0.39, 0.29) is 0 Å². The number of nitrogens with one attached hydrogen (secondary N) is 2. The van der Waals surface area contributed by atoms with Crippen LogP contribution in [-0.2, 0) is 0 Å². The van der Waals surface area contributed by atoms with E-state index in [1.54, 1.807) is 37.6 Å². The quantitative estimate of drug-likeness (QED) is 0.471. The van der Waals surface area contributed by atoms with E-state index in [1.165, 1.54) is 0 Å². The first-order chi connectivity index (χ1) is 12.7. The van der Waals surface area contributed by atoms with Gasteiger partial charge in [0.1, 0.15) is 11.5 Å². The lowest BCUT2D eigenvalue weighted by Crippen LogP contribution is -2.01. The summed E-state index contributed by atoms with van der Waals surface area (Å²) in [7, 11) is 1.59. The summed E-state index contributed by atoms with van der Waals surface area (Å²) in [5, 5.41) is 4.17. The van der Waals surface area contributed by atoms with Gasteiger partial charge in [0.05, 0.1) is 12.8 Å². The summed E-state index contributed by atoms with van der Waals surface area (Å²) in [6.07, 6.45) is 3.51. The molecule has 0 aliphatic carbocycles. The summed E-state index contributed by atoms with van der Waals surface area (Å²) in [4.78, 5) is 11.8. The predicted octanol–water partition coefficient (Wildman–Crippen LogP) is 4.08. The van der Waals surface area contributed by atoms with E-state index in [9.17, 15) is 0 Å². The average molecular weight is 347 g/mol. The lowest BCUT2D eigenvalue weighted by molar-refractivity contribution is 0.417. The molecule has 7 heteroatoms. The van der Waals surface area contributed by atoms with Crippen LogP contribution in [-0.4, -0.2) is 22.1 Å². The van der Waals surface area contributed by atoms with Gasteiger partial charge in [0.2, 0.25) is 11.8 Å². The molecule has 0 aliphatic rings.